The topological polar surface area (TPSA) is 15.3 Å². The average molecular weight is 232 g/mol. The highest BCUT2D eigenvalue weighted by molar-refractivity contribution is 5.19. The summed E-state index contributed by atoms with van der Waals surface area (Å²) in [6.45, 7) is 9.23. The molecule has 1 N–H and O–H groups in total. The molecule has 0 radical (unpaired) electrons. The lowest BCUT2D eigenvalue weighted by Crippen LogP contribution is -2.34. The largest absolute Gasteiger partial charge is 0.309 e. The molecule has 2 rings (SSSR count). The molecule has 0 spiro atoms. The molecule has 0 saturated carbocycles. The molecule has 94 valence electrons. The zero-order valence-electron chi connectivity index (χ0n) is 11.0. The monoisotopic (exact) mass is 232 g/mol. The molecule has 0 amide bonds. The Morgan fingerprint density at radius 3 is 2.71 bits per heavy atom. The lowest BCUT2D eigenvalue weighted by Gasteiger charge is -2.24. The van der Waals surface area contributed by atoms with Crippen molar-refractivity contribution in [1.82, 2.24) is 10.2 Å². The SMILES string of the molecule is CCNC(CN1CCC(C)C1)c1ccccc1. The van der Waals surface area contributed by atoms with Crippen molar-refractivity contribution in [3.63, 3.8) is 0 Å². The van der Waals surface area contributed by atoms with Gasteiger partial charge < -0.3 is 10.2 Å². The molecule has 0 aliphatic carbocycles. The molecule has 1 aromatic rings. The van der Waals surface area contributed by atoms with Crippen LogP contribution in [0, 0.1) is 5.92 Å². The van der Waals surface area contributed by atoms with E-state index >= 15 is 0 Å². The van der Waals surface area contributed by atoms with E-state index in [9.17, 15) is 0 Å². The maximum atomic E-state index is 3.60. The van der Waals surface area contributed by atoms with E-state index in [1.165, 1.54) is 25.1 Å². The van der Waals surface area contributed by atoms with E-state index < -0.39 is 0 Å². The molecule has 1 aliphatic rings. The summed E-state index contributed by atoms with van der Waals surface area (Å²) in [6.07, 6.45) is 1.35. The standard InChI is InChI=1S/C15H24N2/c1-3-16-15(14-7-5-4-6-8-14)12-17-10-9-13(2)11-17/h4-8,13,15-16H,3,9-12H2,1-2H3. The summed E-state index contributed by atoms with van der Waals surface area (Å²) in [5.41, 5.74) is 1.41. The fourth-order valence-electron chi connectivity index (χ4n) is 2.67. The summed E-state index contributed by atoms with van der Waals surface area (Å²) in [7, 11) is 0. The van der Waals surface area contributed by atoms with Crippen LogP contribution in [0.2, 0.25) is 0 Å². The predicted octanol–water partition coefficient (Wildman–Crippen LogP) is 2.68. The molecule has 1 aliphatic heterocycles. The normalized spacial score (nSPS) is 22.8. The Kier molecular flexibility index (Phi) is 4.57. The van der Waals surface area contributed by atoms with Crippen LogP contribution in [-0.4, -0.2) is 31.1 Å². The minimum atomic E-state index is 0.478. The van der Waals surface area contributed by atoms with Crippen LogP contribution in [0.5, 0.6) is 0 Å². The Hall–Kier alpha value is -0.860. The van der Waals surface area contributed by atoms with Gasteiger partial charge in [0.2, 0.25) is 0 Å². The van der Waals surface area contributed by atoms with Gasteiger partial charge in [-0.1, -0.05) is 44.2 Å². The van der Waals surface area contributed by atoms with Crippen molar-refractivity contribution in [2.75, 3.05) is 26.2 Å². The van der Waals surface area contributed by atoms with E-state index in [0.29, 0.717) is 6.04 Å². The number of nitrogens with zero attached hydrogens (tertiary/aromatic N) is 1. The molecule has 0 aromatic heterocycles. The maximum absolute atomic E-state index is 3.60. The van der Waals surface area contributed by atoms with Gasteiger partial charge in [0.25, 0.3) is 0 Å². The second-order valence-corrected chi connectivity index (χ2v) is 5.17. The van der Waals surface area contributed by atoms with Crippen molar-refractivity contribution in [2.24, 2.45) is 5.92 Å². The maximum Gasteiger partial charge on any atom is 0.0449 e. The van der Waals surface area contributed by atoms with Gasteiger partial charge in [0.15, 0.2) is 0 Å². The second-order valence-electron chi connectivity index (χ2n) is 5.17. The molecule has 0 bridgehead atoms. The quantitative estimate of drug-likeness (QED) is 0.839. The van der Waals surface area contributed by atoms with Gasteiger partial charge in [-0.25, -0.2) is 0 Å². The second kappa shape index (κ2) is 6.18. The zero-order chi connectivity index (χ0) is 12.1. The van der Waals surface area contributed by atoms with E-state index in [4.69, 9.17) is 0 Å². The summed E-state index contributed by atoms with van der Waals surface area (Å²) >= 11 is 0. The third kappa shape index (κ3) is 3.55. The third-order valence-corrected chi connectivity index (χ3v) is 3.60. The molecular weight excluding hydrogens is 208 g/mol. The highest BCUT2D eigenvalue weighted by Gasteiger charge is 2.21. The van der Waals surface area contributed by atoms with Gasteiger partial charge in [0, 0.05) is 19.1 Å². The summed E-state index contributed by atoms with van der Waals surface area (Å²) in [5.74, 6) is 0.869. The van der Waals surface area contributed by atoms with Gasteiger partial charge in [-0.2, -0.15) is 0 Å². The van der Waals surface area contributed by atoms with E-state index in [2.05, 4.69) is 54.4 Å². The minimum Gasteiger partial charge on any atom is -0.309 e. The first-order valence-electron chi connectivity index (χ1n) is 6.80. The van der Waals surface area contributed by atoms with Crippen molar-refractivity contribution < 1.29 is 0 Å². The van der Waals surface area contributed by atoms with E-state index in [1.807, 2.05) is 0 Å². The zero-order valence-corrected chi connectivity index (χ0v) is 11.0. The number of rotatable bonds is 5. The summed E-state index contributed by atoms with van der Waals surface area (Å²) in [4.78, 5) is 2.59. The lowest BCUT2D eigenvalue weighted by molar-refractivity contribution is 0.286. The molecule has 1 saturated heterocycles. The molecule has 2 heteroatoms. The van der Waals surface area contributed by atoms with Crippen LogP contribution in [0.15, 0.2) is 30.3 Å². The van der Waals surface area contributed by atoms with Crippen LogP contribution in [0.1, 0.15) is 31.9 Å². The van der Waals surface area contributed by atoms with E-state index in [-0.39, 0.29) is 0 Å². The summed E-state index contributed by atoms with van der Waals surface area (Å²) < 4.78 is 0. The molecule has 1 fully saturated rings. The minimum absolute atomic E-state index is 0.478. The highest BCUT2D eigenvalue weighted by Crippen LogP contribution is 2.20. The summed E-state index contributed by atoms with van der Waals surface area (Å²) in [6, 6.07) is 11.3. The average Bonchev–Trinajstić information content (AvgIpc) is 2.75. The van der Waals surface area contributed by atoms with Crippen molar-refractivity contribution in [2.45, 2.75) is 26.3 Å². The van der Waals surface area contributed by atoms with Gasteiger partial charge in [-0.05, 0) is 31.0 Å². The Labute approximate surface area is 105 Å². The molecule has 17 heavy (non-hydrogen) atoms. The first-order valence-corrected chi connectivity index (χ1v) is 6.80. The van der Waals surface area contributed by atoms with Crippen molar-refractivity contribution in [3.05, 3.63) is 35.9 Å². The number of hydrogen-bond donors (Lipinski definition) is 1. The highest BCUT2D eigenvalue weighted by atomic mass is 15.2. The van der Waals surface area contributed by atoms with Crippen molar-refractivity contribution in [1.29, 1.82) is 0 Å². The van der Waals surface area contributed by atoms with Gasteiger partial charge in [0.1, 0.15) is 0 Å². The number of likely N-dealkylation sites (N-methyl/N-ethyl adjacent to an activating group) is 1. The van der Waals surface area contributed by atoms with Crippen molar-refractivity contribution in [3.8, 4) is 0 Å². The van der Waals surface area contributed by atoms with Crippen LogP contribution < -0.4 is 5.32 Å². The number of nitrogens with one attached hydrogen (secondary N) is 1. The van der Waals surface area contributed by atoms with Crippen molar-refractivity contribution >= 4 is 0 Å². The molecule has 2 unspecified atom stereocenters. The van der Waals surface area contributed by atoms with Gasteiger partial charge in [-0.3, -0.25) is 0 Å². The Bertz CT molecular complexity index is 323. The first-order chi connectivity index (χ1) is 8.29. The molecular formula is C15H24N2. The number of benzene rings is 1. The third-order valence-electron chi connectivity index (χ3n) is 3.60. The van der Waals surface area contributed by atoms with Crippen LogP contribution in [0.3, 0.4) is 0 Å². The summed E-state index contributed by atoms with van der Waals surface area (Å²) in [5, 5.41) is 3.60. The van der Waals surface area contributed by atoms with Gasteiger partial charge in [-0.15, -0.1) is 0 Å². The number of hydrogen-bond acceptors (Lipinski definition) is 2. The van der Waals surface area contributed by atoms with E-state index in [0.717, 1.165) is 19.0 Å². The molecule has 1 aromatic carbocycles. The van der Waals surface area contributed by atoms with Gasteiger partial charge >= 0.3 is 0 Å². The number of likely N-dealkylation sites (tertiary alicyclic amines) is 1. The van der Waals surface area contributed by atoms with Crippen LogP contribution in [-0.2, 0) is 0 Å². The van der Waals surface area contributed by atoms with Crippen LogP contribution in [0.25, 0.3) is 0 Å². The predicted molar refractivity (Wildman–Crippen MR) is 73.1 cm³/mol. The molecule has 1 heterocycles. The Morgan fingerprint density at radius 1 is 1.35 bits per heavy atom. The van der Waals surface area contributed by atoms with Crippen LogP contribution >= 0.6 is 0 Å². The Balaban J connectivity index is 1.98. The Morgan fingerprint density at radius 2 is 2.12 bits per heavy atom. The molecule has 2 atom stereocenters. The molecule has 2 nitrogen and oxygen atoms in total. The fourth-order valence-corrected chi connectivity index (χ4v) is 2.67. The smallest absolute Gasteiger partial charge is 0.0449 e. The fraction of sp³-hybridized carbons (Fsp3) is 0.600. The van der Waals surface area contributed by atoms with E-state index in [1.54, 1.807) is 0 Å². The lowest BCUT2D eigenvalue weighted by atomic mass is 10.1. The van der Waals surface area contributed by atoms with Crippen LogP contribution in [0.4, 0.5) is 0 Å². The van der Waals surface area contributed by atoms with Gasteiger partial charge in [0.05, 0.1) is 0 Å². The first kappa shape index (κ1) is 12.6.